The first kappa shape index (κ1) is 21.7. The Bertz CT molecular complexity index is 1050. The molecule has 0 saturated heterocycles. The molecule has 0 radical (unpaired) electrons. The van der Waals surface area contributed by atoms with Gasteiger partial charge in [0.1, 0.15) is 0 Å². The molecule has 3 aromatic rings. The molecule has 0 unspecified atom stereocenters. The summed E-state index contributed by atoms with van der Waals surface area (Å²) in [5.74, 6) is -1.45. The molecule has 0 bridgehead atoms. The highest BCUT2D eigenvalue weighted by Crippen LogP contribution is 2.23. The van der Waals surface area contributed by atoms with Crippen LogP contribution in [-0.2, 0) is 20.7 Å². The molecule has 2 heterocycles. The lowest BCUT2D eigenvalue weighted by molar-refractivity contribution is -0.142. The number of esters is 2. The Morgan fingerprint density at radius 3 is 2.53 bits per heavy atom. The van der Waals surface area contributed by atoms with Gasteiger partial charge in [0.15, 0.2) is 6.61 Å². The maximum absolute atomic E-state index is 12.6. The van der Waals surface area contributed by atoms with E-state index in [9.17, 15) is 14.4 Å². The Balaban J connectivity index is 1.52. The monoisotopic (exact) mass is 428 g/mol. The predicted molar refractivity (Wildman–Crippen MR) is 114 cm³/mol. The number of aromatic amines is 1. The van der Waals surface area contributed by atoms with Crippen molar-refractivity contribution >= 4 is 39.3 Å². The topological polar surface area (TPSA) is 98.4 Å². The predicted octanol–water partition coefficient (Wildman–Crippen LogP) is 4.17. The van der Waals surface area contributed by atoms with Crippen LogP contribution in [0.15, 0.2) is 24.3 Å². The van der Waals surface area contributed by atoms with Crippen LogP contribution in [-0.4, -0.2) is 40.9 Å². The quantitative estimate of drug-likeness (QED) is 0.406. The summed E-state index contributed by atoms with van der Waals surface area (Å²) < 4.78 is 11.3. The number of ketones is 1. The van der Waals surface area contributed by atoms with Crippen molar-refractivity contribution in [3.8, 4) is 0 Å². The number of rotatable bonds is 9. The number of nitrogens with one attached hydrogen (secondary N) is 1. The van der Waals surface area contributed by atoms with Crippen molar-refractivity contribution in [3.05, 3.63) is 51.8 Å². The number of thiazole rings is 1. The molecule has 1 N–H and O–H groups in total. The van der Waals surface area contributed by atoms with E-state index in [1.54, 1.807) is 32.1 Å². The molecular formula is C22H24N2O5S. The average Bonchev–Trinajstić information content (AvgIpc) is 3.25. The third-order valence-electron chi connectivity index (χ3n) is 4.61. The SMILES string of the molecule is CCOC(=O)c1c(C)[nH]c(C)c1C(=O)COC(=O)CCCc1nc2ccccc2s1. The number of benzene rings is 1. The smallest absolute Gasteiger partial charge is 0.340 e. The molecule has 2 aromatic heterocycles. The van der Waals surface area contributed by atoms with Gasteiger partial charge < -0.3 is 14.5 Å². The van der Waals surface area contributed by atoms with E-state index in [1.807, 2.05) is 24.3 Å². The number of ether oxygens (including phenoxy) is 2. The lowest BCUT2D eigenvalue weighted by atomic mass is 10.1. The number of H-pyrrole nitrogens is 1. The molecule has 8 heteroatoms. The second-order valence-electron chi connectivity index (χ2n) is 6.86. The van der Waals surface area contributed by atoms with Gasteiger partial charge in [0.2, 0.25) is 5.78 Å². The third-order valence-corrected chi connectivity index (χ3v) is 5.70. The van der Waals surface area contributed by atoms with E-state index in [4.69, 9.17) is 9.47 Å². The number of nitrogens with zero attached hydrogens (tertiary/aromatic N) is 1. The van der Waals surface area contributed by atoms with Crippen molar-refractivity contribution in [3.63, 3.8) is 0 Å². The van der Waals surface area contributed by atoms with Crippen molar-refractivity contribution in [1.82, 2.24) is 9.97 Å². The minimum Gasteiger partial charge on any atom is -0.462 e. The van der Waals surface area contributed by atoms with Gasteiger partial charge in [-0.3, -0.25) is 9.59 Å². The van der Waals surface area contributed by atoms with E-state index in [-0.39, 0.29) is 24.2 Å². The van der Waals surface area contributed by atoms with Gasteiger partial charge in [0, 0.05) is 17.8 Å². The van der Waals surface area contributed by atoms with Gasteiger partial charge in [-0.05, 0) is 45.7 Å². The molecule has 7 nitrogen and oxygen atoms in total. The molecule has 158 valence electrons. The normalized spacial score (nSPS) is 10.9. The number of hydrogen-bond donors (Lipinski definition) is 1. The van der Waals surface area contributed by atoms with Crippen LogP contribution in [0.2, 0.25) is 0 Å². The standard InChI is InChI=1S/C22H24N2O5S/c1-4-28-22(27)21-14(3)23-13(2)20(21)16(25)12-29-19(26)11-7-10-18-24-15-8-5-6-9-17(15)30-18/h5-6,8-9,23H,4,7,10-12H2,1-3H3. The highest BCUT2D eigenvalue weighted by atomic mass is 32.1. The van der Waals surface area contributed by atoms with Crippen LogP contribution in [0.1, 0.15) is 56.9 Å². The van der Waals surface area contributed by atoms with Crippen LogP contribution < -0.4 is 0 Å². The highest BCUT2D eigenvalue weighted by Gasteiger charge is 2.26. The maximum Gasteiger partial charge on any atom is 0.340 e. The van der Waals surface area contributed by atoms with Crippen molar-refractivity contribution in [2.45, 2.75) is 40.0 Å². The average molecular weight is 429 g/mol. The van der Waals surface area contributed by atoms with E-state index in [0.29, 0.717) is 24.2 Å². The molecule has 30 heavy (non-hydrogen) atoms. The summed E-state index contributed by atoms with van der Waals surface area (Å²) in [5, 5.41) is 0.970. The first-order valence-corrected chi connectivity index (χ1v) is 10.6. The zero-order chi connectivity index (χ0) is 21.7. The molecule has 0 aliphatic rings. The fourth-order valence-corrected chi connectivity index (χ4v) is 4.30. The second-order valence-corrected chi connectivity index (χ2v) is 7.97. The Labute approximate surface area is 178 Å². The van der Waals surface area contributed by atoms with Gasteiger partial charge >= 0.3 is 11.9 Å². The highest BCUT2D eigenvalue weighted by molar-refractivity contribution is 7.18. The Kier molecular flexibility index (Phi) is 6.99. The summed E-state index contributed by atoms with van der Waals surface area (Å²) >= 11 is 1.61. The van der Waals surface area contributed by atoms with Crippen LogP contribution in [0.5, 0.6) is 0 Å². The molecular weight excluding hydrogens is 404 g/mol. The third kappa shape index (κ3) is 4.94. The number of Topliss-reactive ketones (excluding diaryl/α,β-unsaturated/α-hetero) is 1. The van der Waals surface area contributed by atoms with Crippen molar-refractivity contribution in [1.29, 1.82) is 0 Å². The van der Waals surface area contributed by atoms with Crippen LogP contribution in [0.3, 0.4) is 0 Å². The van der Waals surface area contributed by atoms with Gasteiger partial charge in [-0.2, -0.15) is 0 Å². The summed E-state index contributed by atoms with van der Waals surface area (Å²) in [5.41, 5.74) is 2.48. The van der Waals surface area contributed by atoms with E-state index in [1.165, 1.54) is 0 Å². The van der Waals surface area contributed by atoms with Crippen LogP contribution in [0, 0.1) is 13.8 Å². The largest absolute Gasteiger partial charge is 0.462 e. The van der Waals surface area contributed by atoms with Gasteiger partial charge in [-0.1, -0.05) is 12.1 Å². The fraction of sp³-hybridized carbons (Fsp3) is 0.364. The summed E-state index contributed by atoms with van der Waals surface area (Å²) in [7, 11) is 0. The number of aromatic nitrogens is 2. The molecule has 1 aromatic carbocycles. The summed E-state index contributed by atoms with van der Waals surface area (Å²) in [6.45, 7) is 4.89. The Morgan fingerprint density at radius 1 is 1.07 bits per heavy atom. The molecule has 0 saturated carbocycles. The minimum atomic E-state index is -0.565. The number of fused-ring (bicyclic) bond motifs is 1. The first-order chi connectivity index (χ1) is 14.4. The van der Waals surface area contributed by atoms with Gasteiger partial charge in [0.05, 0.1) is 33.0 Å². The number of carbonyl (C=O) groups excluding carboxylic acids is 3. The molecule has 0 spiro atoms. The summed E-state index contributed by atoms with van der Waals surface area (Å²) in [6, 6.07) is 7.90. The fourth-order valence-electron chi connectivity index (χ4n) is 3.29. The Morgan fingerprint density at radius 2 is 1.80 bits per heavy atom. The number of para-hydroxylation sites is 1. The zero-order valence-corrected chi connectivity index (χ0v) is 18.1. The minimum absolute atomic E-state index is 0.194. The molecule has 3 rings (SSSR count). The maximum atomic E-state index is 12.6. The van der Waals surface area contributed by atoms with Crippen LogP contribution >= 0.6 is 11.3 Å². The first-order valence-electron chi connectivity index (χ1n) is 9.80. The second kappa shape index (κ2) is 9.67. The number of carbonyl (C=O) groups is 3. The van der Waals surface area contributed by atoms with E-state index < -0.39 is 24.3 Å². The van der Waals surface area contributed by atoms with Crippen LogP contribution in [0.25, 0.3) is 10.2 Å². The van der Waals surface area contributed by atoms with E-state index in [2.05, 4.69) is 9.97 Å². The van der Waals surface area contributed by atoms with E-state index >= 15 is 0 Å². The Hall–Kier alpha value is -3.00. The van der Waals surface area contributed by atoms with Crippen LogP contribution in [0.4, 0.5) is 0 Å². The van der Waals surface area contributed by atoms with Crippen molar-refractivity contribution in [2.75, 3.05) is 13.2 Å². The number of aryl methyl sites for hydroxylation is 3. The van der Waals surface area contributed by atoms with Gasteiger partial charge in [-0.15, -0.1) is 11.3 Å². The number of hydrogen-bond acceptors (Lipinski definition) is 7. The summed E-state index contributed by atoms with van der Waals surface area (Å²) in [6.07, 6.45) is 1.45. The van der Waals surface area contributed by atoms with Crippen molar-refractivity contribution < 1.29 is 23.9 Å². The molecule has 0 atom stereocenters. The molecule has 0 amide bonds. The molecule has 0 fully saturated rings. The van der Waals surface area contributed by atoms with Gasteiger partial charge in [0.25, 0.3) is 0 Å². The van der Waals surface area contributed by atoms with Crippen molar-refractivity contribution in [2.24, 2.45) is 0 Å². The van der Waals surface area contributed by atoms with E-state index in [0.717, 1.165) is 15.2 Å². The molecule has 0 aliphatic carbocycles. The molecule has 0 aliphatic heterocycles. The lowest BCUT2D eigenvalue weighted by Crippen LogP contribution is -2.18. The summed E-state index contributed by atoms with van der Waals surface area (Å²) in [4.78, 5) is 44.4. The van der Waals surface area contributed by atoms with Gasteiger partial charge in [-0.25, -0.2) is 9.78 Å². The lowest BCUT2D eigenvalue weighted by Gasteiger charge is -2.07. The zero-order valence-electron chi connectivity index (χ0n) is 17.2.